The zero-order chi connectivity index (χ0) is 11.6. The van der Waals surface area contributed by atoms with Gasteiger partial charge in [-0.3, -0.25) is 5.32 Å². The summed E-state index contributed by atoms with van der Waals surface area (Å²) in [6, 6.07) is 2.35. The molecule has 3 nitrogen and oxygen atoms in total. The highest BCUT2D eigenvalue weighted by atomic mass is 32.2. The van der Waals surface area contributed by atoms with Crippen molar-refractivity contribution >= 4 is 11.8 Å². The lowest BCUT2D eigenvalue weighted by Gasteiger charge is -2.22. The Morgan fingerprint density at radius 3 is 2.73 bits per heavy atom. The van der Waals surface area contributed by atoms with Crippen LogP contribution in [0.3, 0.4) is 0 Å². The van der Waals surface area contributed by atoms with Crippen LogP contribution in [0.1, 0.15) is 26.7 Å². The zero-order valence-electron chi connectivity index (χ0n) is 10.0. The van der Waals surface area contributed by atoms with Crippen LogP contribution in [-0.4, -0.2) is 37.3 Å². The number of hydrogen-bond donors (Lipinski definition) is 1. The molecule has 1 unspecified atom stereocenters. The van der Waals surface area contributed by atoms with Crippen molar-refractivity contribution in [2.75, 3.05) is 31.8 Å². The number of nitrogens with zero attached hydrogens (tertiary/aromatic N) is 1. The molecule has 0 aliphatic rings. The van der Waals surface area contributed by atoms with Crippen LogP contribution in [0.25, 0.3) is 0 Å². The van der Waals surface area contributed by atoms with E-state index in [4.69, 9.17) is 10.00 Å². The van der Waals surface area contributed by atoms with Crippen LogP contribution in [0.15, 0.2) is 0 Å². The molecule has 0 spiro atoms. The number of nitrogens with one attached hydrogen (secondary N) is 1. The van der Waals surface area contributed by atoms with Gasteiger partial charge in [-0.25, -0.2) is 0 Å². The maximum absolute atomic E-state index is 9.07. The van der Waals surface area contributed by atoms with Gasteiger partial charge in [0.1, 0.15) is 5.54 Å². The molecule has 1 N–H and O–H groups in total. The Bertz CT molecular complexity index is 194. The molecule has 0 aromatic heterocycles. The first-order valence-electron chi connectivity index (χ1n) is 5.41. The monoisotopic (exact) mass is 230 g/mol. The lowest BCUT2D eigenvalue weighted by molar-refractivity contribution is 0.218. The van der Waals surface area contributed by atoms with Gasteiger partial charge in [-0.2, -0.15) is 17.0 Å². The van der Waals surface area contributed by atoms with E-state index >= 15 is 0 Å². The Balaban J connectivity index is 3.64. The third-order valence-corrected chi connectivity index (χ3v) is 3.14. The van der Waals surface area contributed by atoms with Crippen molar-refractivity contribution in [1.29, 1.82) is 5.26 Å². The normalized spacial score (nSPS) is 14.5. The van der Waals surface area contributed by atoms with E-state index in [1.807, 2.05) is 18.7 Å². The molecule has 0 fully saturated rings. The Labute approximate surface area is 97.6 Å². The van der Waals surface area contributed by atoms with Gasteiger partial charge in [-0.05, 0) is 32.1 Å². The van der Waals surface area contributed by atoms with Crippen molar-refractivity contribution in [1.82, 2.24) is 5.32 Å². The predicted molar refractivity (Wildman–Crippen MR) is 66.1 cm³/mol. The standard InChI is InChI=1S/C11H22N2OS/c1-4-6-13-11(2,10-12)5-8-15-9-7-14-3/h13H,4-9H2,1-3H3. The molecular formula is C11H22N2OS. The molecule has 88 valence electrons. The predicted octanol–water partition coefficient (Wildman–Crippen LogP) is 2.04. The molecule has 1 atom stereocenters. The van der Waals surface area contributed by atoms with Crippen molar-refractivity contribution < 1.29 is 4.74 Å². The number of nitriles is 1. The topological polar surface area (TPSA) is 45.0 Å². The fourth-order valence-electron chi connectivity index (χ4n) is 1.11. The number of methoxy groups -OCH3 is 1. The Hall–Kier alpha value is -0.240. The minimum atomic E-state index is -0.365. The van der Waals surface area contributed by atoms with E-state index in [9.17, 15) is 0 Å². The molecule has 0 rings (SSSR count). The van der Waals surface area contributed by atoms with Crippen molar-refractivity contribution in [2.45, 2.75) is 32.2 Å². The van der Waals surface area contributed by atoms with Gasteiger partial charge in [-0.15, -0.1) is 0 Å². The average Bonchev–Trinajstić information content (AvgIpc) is 2.26. The Morgan fingerprint density at radius 2 is 2.20 bits per heavy atom. The minimum Gasteiger partial charge on any atom is -0.384 e. The summed E-state index contributed by atoms with van der Waals surface area (Å²) >= 11 is 1.84. The van der Waals surface area contributed by atoms with Gasteiger partial charge in [0, 0.05) is 12.9 Å². The van der Waals surface area contributed by atoms with E-state index in [1.165, 1.54) is 0 Å². The van der Waals surface area contributed by atoms with E-state index in [-0.39, 0.29) is 5.54 Å². The largest absolute Gasteiger partial charge is 0.384 e. The van der Waals surface area contributed by atoms with Crippen LogP contribution in [-0.2, 0) is 4.74 Å². The second kappa shape index (κ2) is 9.02. The van der Waals surface area contributed by atoms with Crippen LogP contribution >= 0.6 is 11.8 Å². The summed E-state index contributed by atoms with van der Waals surface area (Å²) in [6.45, 7) is 5.78. The highest BCUT2D eigenvalue weighted by Crippen LogP contribution is 2.13. The maximum atomic E-state index is 9.07. The van der Waals surface area contributed by atoms with Crippen LogP contribution in [0.2, 0.25) is 0 Å². The smallest absolute Gasteiger partial charge is 0.104 e. The number of hydrogen-bond acceptors (Lipinski definition) is 4. The van der Waals surface area contributed by atoms with Crippen LogP contribution < -0.4 is 5.32 Å². The van der Waals surface area contributed by atoms with Crippen molar-refractivity contribution in [3.63, 3.8) is 0 Å². The second-order valence-corrected chi connectivity index (χ2v) is 4.95. The molecule has 0 heterocycles. The molecule has 15 heavy (non-hydrogen) atoms. The van der Waals surface area contributed by atoms with E-state index in [0.717, 1.165) is 37.5 Å². The summed E-state index contributed by atoms with van der Waals surface area (Å²) < 4.78 is 4.96. The number of rotatable bonds is 9. The minimum absolute atomic E-state index is 0.365. The highest BCUT2D eigenvalue weighted by molar-refractivity contribution is 7.99. The van der Waals surface area contributed by atoms with E-state index in [2.05, 4.69) is 18.3 Å². The van der Waals surface area contributed by atoms with E-state index < -0.39 is 0 Å². The molecule has 0 bridgehead atoms. The lowest BCUT2D eigenvalue weighted by Crippen LogP contribution is -2.41. The second-order valence-electron chi connectivity index (χ2n) is 3.73. The summed E-state index contributed by atoms with van der Waals surface area (Å²) in [5, 5.41) is 12.3. The molecule has 0 radical (unpaired) electrons. The zero-order valence-corrected chi connectivity index (χ0v) is 10.8. The molecule has 4 heteroatoms. The highest BCUT2D eigenvalue weighted by Gasteiger charge is 2.21. The van der Waals surface area contributed by atoms with E-state index in [0.29, 0.717) is 0 Å². The molecule has 0 aliphatic carbocycles. The van der Waals surface area contributed by atoms with Crippen LogP contribution in [0.4, 0.5) is 0 Å². The van der Waals surface area contributed by atoms with Gasteiger partial charge in [0.15, 0.2) is 0 Å². The molecule has 0 saturated heterocycles. The molecule has 0 aromatic rings. The van der Waals surface area contributed by atoms with Gasteiger partial charge in [0.2, 0.25) is 0 Å². The molecular weight excluding hydrogens is 208 g/mol. The van der Waals surface area contributed by atoms with Crippen molar-refractivity contribution in [2.24, 2.45) is 0 Å². The molecule has 0 amide bonds. The lowest BCUT2D eigenvalue weighted by atomic mass is 10.0. The van der Waals surface area contributed by atoms with Crippen LogP contribution in [0, 0.1) is 11.3 Å². The number of ether oxygens (including phenoxy) is 1. The average molecular weight is 230 g/mol. The number of thioether (sulfide) groups is 1. The third-order valence-electron chi connectivity index (χ3n) is 2.19. The summed E-state index contributed by atoms with van der Waals surface area (Å²) in [5.74, 6) is 2.01. The first kappa shape index (κ1) is 14.8. The summed E-state index contributed by atoms with van der Waals surface area (Å²) in [4.78, 5) is 0. The van der Waals surface area contributed by atoms with Crippen LogP contribution in [0.5, 0.6) is 0 Å². The summed E-state index contributed by atoms with van der Waals surface area (Å²) in [7, 11) is 1.71. The Kier molecular flexibility index (Phi) is 8.88. The maximum Gasteiger partial charge on any atom is 0.104 e. The van der Waals surface area contributed by atoms with Gasteiger partial charge in [0.25, 0.3) is 0 Å². The van der Waals surface area contributed by atoms with Crippen molar-refractivity contribution in [3.05, 3.63) is 0 Å². The molecule has 0 saturated carbocycles. The third kappa shape index (κ3) is 7.66. The molecule has 0 aromatic carbocycles. The van der Waals surface area contributed by atoms with Gasteiger partial charge < -0.3 is 4.74 Å². The first-order chi connectivity index (χ1) is 7.18. The van der Waals surface area contributed by atoms with Gasteiger partial charge in [0.05, 0.1) is 12.7 Å². The quantitative estimate of drug-likeness (QED) is 0.616. The SMILES string of the molecule is CCCNC(C)(C#N)CCSCCOC. The van der Waals surface area contributed by atoms with Gasteiger partial charge in [-0.1, -0.05) is 6.92 Å². The Morgan fingerprint density at radius 1 is 1.47 bits per heavy atom. The first-order valence-corrected chi connectivity index (χ1v) is 6.57. The summed E-state index contributed by atoms with van der Waals surface area (Å²) in [5.41, 5.74) is -0.365. The molecule has 0 aliphatic heterocycles. The van der Waals surface area contributed by atoms with E-state index in [1.54, 1.807) is 7.11 Å². The summed E-state index contributed by atoms with van der Waals surface area (Å²) in [6.07, 6.45) is 1.95. The fourth-order valence-corrected chi connectivity index (χ4v) is 2.15. The van der Waals surface area contributed by atoms with Crippen molar-refractivity contribution in [3.8, 4) is 6.07 Å². The van der Waals surface area contributed by atoms with Gasteiger partial charge >= 0.3 is 0 Å². The fraction of sp³-hybridized carbons (Fsp3) is 0.909.